The molecule has 1 amide bonds. The second kappa shape index (κ2) is 4.94. The van der Waals surface area contributed by atoms with Crippen molar-refractivity contribution in [2.45, 2.75) is 26.3 Å². The molecule has 0 saturated carbocycles. The molecular weight excluding hydrogens is 220 g/mol. The maximum Gasteiger partial charge on any atom is 0.272 e. The van der Waals surface area contributed by atoms with Gasteiger partial charge in [0.1, 0.15) is 0 Å². The molecule has 0 atom stereocenters. The molecule has 0 bridgehead atoms. The Morgan fingerprint density at radius 1 is 1.47 bits per heavy atom. The van der Waals surface area contributed by atoms with Gasteiger partial charge in [0.15, 0.2) is 5.69 Å². The third-order valence-corrected chi connectivity index (χ3v) is 1.65. The molecular formula is C10H18N6O. The van der Waals surface area contributed by atoms with Gasteiger partial charge in [0.25, 0.3) is 5.91 Å². The van der Waals surface area contributed by atoms with E-state index in [2.05, 4.69) is 25.6 Å². The van der Waals surface area contributed by atoms with E-state index in [1.54, 1.807) is 14.1 Å². The number of nitrogens with zero attached hydrogens (tertiary/aromatic N) is 4. The summed E-state index contributed by atoms with van der Waals surface area (Å²) in [6, 6.07) is 0. The normalized spacial score (nSPS) is 11.8. The van der Waals surface area contributed by atoms with Crippen LogP contribution in [0.3, 0.4) is 0 Å². The Labute approximate surface area is 100 Å². The minimum Gasteiger partial charge on any atom is -0.346 e. The molecule has 2 N–H and O–H groups in total. The molecule has 1 rings (SSSR count). The predicted molar refractivity (Wildman–Crippen MR) is 64.0 cm³/mol. The van der Waals surface area contributed by atoms with Crippen molar-refractivity contribution in [3.63, 3.8) is 0 Å². The monoisotopic (exact) mass is 238 g/mol. The SMILES string of the molecule is CN(C)N=Nc1nc[nH]c1C(=O)NC(C)(C)C. The van der Waals surface area contributed by atoms with Crippen molar-refractivity contribution in [2.24, 2.45) is 10.3 Å². The van der Waals surface area contributed by atoms with Gasteiger partial charge in [-0.2, -0.15) is 0 Å². The van der Waals surface area contributed by atoms with E-state index in [-0.39, 0.29) is 17.3 Å². The van der Waals surface area contributed by atoms with Crippen LogP contribution in [0.5, 0.6) is 0 Å². The average Bonchev–Trinajstić information content (AvgIpc) is 2.59. The van der Waals surface area contributed by atoms with Crippen molar-refractivity contribution < 1.29 is 4.79 Å². The van der Waals surface area contributed by atoms with E-state index in [0.717, 1.165) is 0 Å². The molecule has 0 radical (unpaired) electrons. The quantitative estimate of drug-likeness (QED) is 0.618. The lowest BCUT2D eigenvalue weighted by atomic mass is 10.1. The number of hydrogen-bond acceptors (Lipinski definition) is 4. The molecule has 0 aliphatic rings. The van der Waals surface area contributed by atoms with E-state index >= 15 is 0 Å². The molecule has 0 fully saturated rings. The van der Waals surface area contributed by atoms with Crippen molar-refractivity contribution in [3.8, 4) is 0 Å². The van der Waals surface area contributed by atoms with Crippen LogP contribution in [0.4, 0.5) is 5.82 Å². The Bertz CT molecular complexity index is 415. The maximum absolute atomic E-state index is 11.9. The smallest absolute Gasteiger partial charge is 0.272 e. The second-order valence-electron chi connectivity index (χ2n) is 4.84. The number of hydrogen-bond donors (Lipinski definition) is 2. The first-order valence-corrected chi connectivity index (χ1v) is 5.24. The van der Waals surface area contributed by atoms with Crippen LogP contribution in [-0.2, 0) is 0 Å². The Morgan fingerprint density at radius 2 is 2.12 bits per heavy atom. The topological polar surface area (TPSA) is 85.7 Å². The molecule has 1 aromatic rings. The van der Waals surface area contributed by atoms with E-state index in [1.807, 2.05) is 20.8 Å². The number of carbonyl (C=O) groups is 1. The van der Waals surface area contributed by atoms with E-state index in [0.29, 0.717) is 5.69 Å². The van der Waals surface area contributed by atoms with Crippen molar-refractivity contribution in [2.75, 3.05) is 14.1 Å². The first kappa shape index (κ1) is 13.1. The Balaban J connectivity index is 2.85. The number of carbonyl (C=O) groups excluding carboxylic acids is 1. The summed E-state index contributed by atoms with van der Waals surface area (Å²) in [6.45, 7) is 5.72. The van der Waals surface area contributed by atoms with E-state index in [1.165, 1.54) is 11.3 Å². The predicted octanol–water partition coefficient (Wildman–Crippen LogP) is 1.50. The zero-order valence-electron chi connectivity index (χ0n) is 10.8. The van der Waals surface area contributed by atoms with Crippen molar-refractivity contribution >= 4 is 11.7 Å². The standard InChI is InChI=1S/C10H18N6O/c1-10(2,3)13-9(17)7-8(12-6-11-7)14-15-16(4)5/h6H,1-5H3,(H,11,12)(H,13,17). The van der Waals surface area contributed by atoms with E-state index in [4.69, 9.17) is 0 Å². The fourth-order valence-corrected chi connectivity index (χ4v) is 1.06. The number of aromatic nitrogens is 2. The Hall–Kier alpha value is -1.92. The number of aromatic amines is 1. The van der Waals surface area contributed by atoms with Crippen molar-refractivity contribution in [3.05, 3.63) is 12.0 Å². The van der Waals surface area contributed by atoms with Crippen molar-refractivity contribution in [1.29, 1.82) is 0 Å². The zero-order chi connectivity index (χ0) is 13.1. The van der Waals surface area contributed by atoms with Gasteiger partial charge in [0.2, 0.25) is 5.82 Å². The highest BCUT2D eigenvalue weighted by molar-refractivity contribution is 5.96. The fraction of sp³-hybridized carbons (Fsp3) is 0.600. The summed E-state index contributed by atoms with van der Waals surface area (Å²) in [4.78, 5) is 18.6. The van der Waals surface area contributed by atoms with Gasteiger partial charge in [-0.25, -0.2) is 4.98 Å². The number of amides is 1. The third kappa shape index (κ3) is 4.21. The maximum atomic E-state index is 11.9. The number of rotatable bonds is 3. The van der Waals surface area contributed by atoms with Crippen LogP contribution < -0.4 is 5.32 Å². The second-order valence-corrected chi connectivity index (χ2v) is 4.84. The van der Waals surface area contributed by atoms with Gasteiger partial charge in [-0.05, 0) is 20.8 Å². The summed E-state index contributed by atoms with van der Waals surface area (Å²) in [5.41, 5.74) is 0.00328. The molecule has 7 heteroatoms. The minimum atomic E-state index is -0.307. The summed E-state index contributed by atoms with van der Waals surface area (Å²) in [5.74, 6) is 0.0307. The van der Waals surface area contributed by atoms with Gasteiger partial charge >= 0.3 is 0 Å². The fourth-order valence-electron chi connectivity index (χ4n) is 1.06. The average molecular weight is 238 g/mol. The molecule has 0 aromatic carbocycles. The largest absolute Gasteiger partial charge is 0.346 e. The molecule has 0 saturated heterocycles. The molecule has 0 aliphatic heterocycles. The van der Waals surface area contributed by atoms with Crippen LogP contribution in [0.1, 0.15) is 31.3 Å². The highest BCUT2D eigenvalue weighted by Gasteiger charge is 2.19. The lowest BCUT2D eigenvalue weighted by Crippen LogP contribution is -2.40. The van der Waals surface area contributed by atoms with Gasteiger partial charge in [0.05, 0.1) is 6.33 Å². The first-order chi connectivity index (χ1) is 7.79. The van der Waals surface area contributed by atoms with E-state index < -0.39 is 0 Å². The number of nitrogens with one attached hydrogen (secondary N) is 2. The van der Waals surface area contributed by atoms with Crippen molar-refractivity contribution in [1.82, 2.24) is 20.3 Å². The van der Waals surface area contributed by atoms with Gasteiger partial charge in [-0.3, -0.25) is 9.80 Å². The number of H-pyrrole nitrogens is 1. The van der Waals surface area contributed by atoms with Crippen LogP contribution in [0.2, 0.25) is 0 Å². The highest BCUT2D eigenvalue weighted by atomic mass is 16.2. The molecule has 17 heavy (non-hydrogen) atoms. The Kier molecular flexibility index (Phi) is 3.82. The van der Waals surface area contributed by atoms with Crippen LogP contribution in [0.15, 0.2) is 16.7 Å². The summed E-state index contributed by atoms with van der Waals surface area (Å²) in [7, 11) is 3.48. The first-order valence-electron chi connectivity index (χ1n) is 5.24. The zero-order valence-corrected chi connectivity index (χ0v) is 10.8. The molecule has 7 nitrogen and oxygen atoms in total. The molecule has 0 unspecified atom stereocenters. The lowest BCUT2D eigenvalue weighted by molar-refractivity contribution is 0.0915. The van der Waals surface area contributed by atoms with Gasteiger partial charge < -0.3 is 10.3 Å². The molecule has 0 spiro atoms. The summed E-state index contributed by atoms with van der Waals surface area (Å²) in [5, 5.41) is 12.0. The summed E-state index contributed by atoms with van der Waals surface area (Å²) < 4.78 is 0. The van der Waals surface area contributed by atoms with Crippen LogP contribution in [0.25, 0.3) is 0 Å². The van der Waals surface area contributed by atoms with Crippen LogP contribution >= 0.6 is 0 Å². The highest BCUT2D eigenvalue weighted by Crippen LogP contribution is 2.15. The van der Waals surface area contributed by atoms with Crippen LogP contribution in [-0.4, -0.2) is 40.5 Å². The minimum absolute atomic E-state index is 0.247. The van der Waals surface area contributed by atoms with E-state index in [9.17, 15) is 4.79 Å². The lowest BCUT2D eigenvalue weighted by Gasteiger charge is -2.19. The molecule has 1 aromatic heterocycles. The third-order valence-electron chi connectivity index (χ3n) is 1.65. The molecule has 94 valence electrons. The summed E-state index contributed by atoms with van der Waals surface area (Å²) in [6.07, 6.45) is 1.42. The van der Waals surface area contributed by atoms with Gasteiger partial charge in [-0.1, -0.05) is 5.22 Å². The van der Waals surface area contributed by atoms with Crippen LogP contribution in [0, 0.1) is 0 Å². The van der Waals surface area contributed by atoms with Gasteiger partial charge in [0, 0.05) is 19.6 Å². The molecule has 0 aliphatic carbocycles. The molecule has 1 heterocycles. The van der Waals surface area contributed by atoms with Gasteiger partial charge in [-0.15, -0.1) is 5.11 Å². The summed E-state index contributed by atoms with van der Waals surface area (Å²) >= 11 is 0. The number of imidazole rings is 1. The Morgan fingerprint density at radius 3 is 2.65 bits per heavy atom.